The van der Waals surface area contributed by atoms with Gasteiger partial charge in [0.15, 0.2) is 6.10 Å². The van der Waals surface area contributed by atoms with Gasteiger partial charge in [0, 0.05) is 0 Å². The normalized spacial score (nSPS) is 40.9. The molecule has 0 spiro atoms. The van der Waals surface area contributed by atoms with Crippen LogP contribution in [0.15, 0.2) is 0 Å². The first kappa shape index (κ1) is 8.66. The molecule has 0 aromatic heterocycles. The van der Waals surface area contributed by atoms with Crippen LogP contribution in [0.4, 0.5) is 22.0 Å². The Morgan fingerprint density at radius 1 is 1.09 bits per heavy atom. The van der Waals surface area contributed by atoms with E-state index in [9.17, 15) is 22.0 Å². The summed E-state index contributed by atoms with van der Waals surface area (Å²) in [5.41, 5.74) is 0. The van der Waals surface area contributed by atoms with Crippen LogP contribution in [0.25, 0.3) is 0 Å². The van der Waals surface area contributed by atoms with Crippen LogP contribution < -0.4 is 0 Å². The van der Waals surface area contributed by atoms with Gasteiger partial charge in [-0.05, 0) is 0 Å². The number of alkyl halides is 5. The smallest absolute Gasteiger partial charge is 0.381 e. The molecule has 1 aliphatic heterocycles. The van der Waals surface area contributed by atoms with Crippen LogP contribution in [-0.2, 0) is 4.74 Å². The zero-order chi connectivity index (χ0) is 8.86. The first-order chi connectivity index (χ1) is 4.77. The van der Waals surface area contributed by atoms with E-state index in [2.05, 4.69) is 4.74 Å². The molecule has 0 saturated carbocycles. The first-order valence-electron chi connectivity index (χ1n) is 2.55. The molecule has 1 aliphatic rings. The molecule has 1 saturated heterocycles. The maximum atomic E-state index is 12.0. The summed E-state index contributed by atoms with van der Waals surface area (Å²) in [5, 5.41) is 8.13. The van der Waals surface area contributed by atoms with Crippen molar-refractivity contribution in [3.63, 3.8) is 0 Å². The number of ether oxygens (including phenoxy) is 1. The molecule has 2 atom stereocenters. The SMILES string of the molecule is O[C@@H]1[C@H](F)C(F)(F)OC1(F)F. The highest BCUT2D eigenvalue weighted by Gasteiger charge is 2.67. The highest BCUT2D eigenvalue weighted by molar-refractivity contribution is 4.90. The van der Waals surface area contributed by atoms with E-state index < -0.39 is 24.5 Å². The van der Waals surface area contributed by atoms with Gasteiger partial charge >= 0.3 is 12.2 Å². The first-order valence-corrected chi connectivity index (χ1v) is 2.55. The number of halogens is 5. The molecular weight excluding hydrogens is 175 g/mol. The second-order valence-corrected chi connectivity index (χ2v) is 2.07. The molecule has 7 heteroatoms. The van der Waals surface area contributed by atoms with Gasteiger partial charge in [-0.2, -0.15) is 17.6 Å². The molecule has 0 amide bonds. The molecule has 1 rings (SSSR count). The van der Waals surface area contributed by atoms with Gasteiger partial charge in [0.2, 0.25) is 6.17 Å². The molecule has 0 bridgehead atoms. The molecule has 2 nitrogen and oxygen atoms in total. The maximum absolute atomic E-state index is 12.0. The van der Waals surface area contributed by atoms with Gasteiger partial charge in [0.05, 0.1) is 0 Å². The summed E-state index contributed by atoms with van der Waals surface area (Å²) >= 11 is 0. The molecule has 1 N–H and O–H groups in total. The highest BCUT2D eigenvalue weighted by atomic mass is 19.3. The molecule has 0 aromatic carbocycles. The van der Waals surface area contributed by atoms with Crippen LogP contribution in [0.2, 0.25) is 0 Å². The van der Waals surface area contributed by atoms with Crippen molar-refractivity contribution in [3.05, 3.63) is 0 Å². The second kappa shape index (κ2) is 2.04. The summed E-state index contributed by atoms with van der Waals surface area (Å²) in [6.45, 7) is 0. The average Bonchev–Trinajstić information content (AvgIpc) is 1.91. The van der Waals surface area contributed by atoms with E-state index in [-0.39, 0.29) is 0 Å². The van der Waals surface area contributed by atoms with Crippen molar-refractivity contribution in [2.75, 3.05) is 0 Å². The van der Waals surface area contributed by atoms with Crippen molar-refractivity contribution >= 4 is 0 Å². The number of hydrogen-bond donors (Lipinski definition) is 1. The number of hydrogen-bond acceptors (Lipinski definition) is 2. The quantitative estimate of drug-likeness (QED) is 0.558. The summed E-state index contributed by atoms with van der Waals surface area (Å²) in [6.07, 6.45) is -15.6. The molecule has 11 heavy (non-hydrogen) atoms. The molecule has 0 aromatic rings. The van der Waals surface area contributed by atoms with Gasteiger partial charge in [0.1, 0.15) is 0 Å². The van der Waals surface area contributed by atoms with E-state index in [0.29, 0.717) is 0 Å². The van der Waals surface area contributed by atoms with Crippen molar-refractivity contribution in [2.24, 2.45) is 0 Å². The number of aliphatic hydroxyl groups excluding tert-OH is 1. The predicted molar refractivity (Wildman–Crippen MR) is 21.9 cm³/mol. The van der Waals surface area contributed by atoms with E-state index >= 15 is 0 Å². The van der Waals surface area contributed by atoms with Gasteiger partial charge in [-0.15, -0.1) is 0 Å². The fraction of sp³-hybridized carbons (Fsp3) is 1.00. The van der Waals surface area contributed by atoms with Crippen LogP contribution in [0, 0.1) is 0 Å². The minimum atomic E-state index is -4.61. The topological polar surface area (TPSA) is 29.5 Å². The Kier molecular flexibility index (Phi) is 1.61. The van der Waals surface area contributed by atoms with Gasteiger partial charge in [0.25, 0.3) is 0 Å². The van der Waals surface area contributed by atoms with E-state index in [1.54, 1.807) is 0 Å². The van der Waals surface area contributed by atoms with Crippen molar-refractivity contribution in [2.45, 2.75) is 24.5 Å². The highest BCUT2D eigenvalue weighted by Crippen LogP contribution is 2.43. The summed E-state index contributed by atoms with van der Waals surface area (Å²) in [5.74, 6) is 0. The standard InChI is InChI=1S/C4H3F5O2/c5-1-2(10)4(8,9)11-3(1,6)7/h1-2,10H/t1-,2+/m0/s1. The lowest BCUT2D eigenvalue weighted by Gasteiger charge is -2.10. The minimum absolute atomic E-state index is 2.67. The van der Waals surface area contributed by atoms with Crippen LogP contribution in [0.1, 0.15) is 0 Å². The third kappa shape index (κ3) is 1.18. The largest absolute Gasteiger partial charge is 0.394 e. The van der Waals surface area contributed by atoms with Crippen molar-refractivity contribution in [1.29, 1.82) is 0 Å². The summed E-state index contributed by atoms with van der Waals surface area (Å²) in [6, 6.07) is 0. The number of aliphatic hydroxyl groups is 1. The van der Waals surface area contributed by atoms with Crippen molar-refractivity contribution in [3.8, 4) is 0 Å². The Labute approximate surface area is 57.6 Å². The van der Waals surface area contributed by atoms with E-state index in [0.717, 1.165) is 0 Å². The van der Waals surface area contributed by atoms with Gasteiger partial charge < -0.3 is 5.11 Å². The molecule has 1 heterocycles. The zero-order valence-corrected chi connectivity index (χ0v) is 4.90. The van der Waals surface area contributed by atoms with Gasteiger partial charge in [-0.25, -0.2) is 4.39 Å². The predicted octanol–water partition coefficient (Wildman–Crippen LogP) is 0.901. The molecule has 0 unspecified atom stereocenters. The Morgan fingerprint density at radius 3 is 1.64 bits per heavy atom. The Bertz CT molecular complexity index is 152. The molecular formula is C4H3F5O2. The monoisotopic (exact) mass is 178 g/mol. The second-order valence-electron chi connectivity index (χ2n) is 2.07. The lowest BCUT2D eigenvalue weighted by molar-refractivity contribution is -0.344. The summed E-state index contributed by atoms with van der Waals surface area (Å²) in [4.78, 5) is 0. The third-order valence-electron chi connectivity index (χ3n) is 1.21. The third-order valence-corrected chi connectivity index (χ3v) is 1.21. The van der Waals surface area contributed by atoms with Crippen LogP contribution in [-0.4, -0.2) is 29.6 Å². The van der Waals surface area contributed by atoms with E-state index in [1.807, 2.05) is 0 Å². The molecule has 0 aliphatic carbocycles. The maximum Gasteiger partial charge on any atom is 0.394 e. The molecule has 66 valence electrons. The van der Waals surface area contributed by atoms with Gasteiger partial charge in [-0.1, -0.05) is 0 Å². The lowest BCUT2D eigenvalue weighted by atomic mass is 10.2. The molecule has 1 fully saturated rings. The molecule has 0 radical (unpaired) electrons. The summed E-state index contributed by atoms with van der Waals surface area (Å²) < 4.78 is 62.1. The van der Waals surface area contributed by atoms with Crippen LogP contribution in [0.5, 0.6) is 0 Å². The Hall–Kier alpha value is -0.430. The van der Waals surface area contributed by atoms with E-state index in [1.165, 1.54) is 0 Å². The Morgan fingerprint density at radius 2 is 1.55 bits per heavy atom. The Balaban J connectivity index is 2.86. The number of rotatable bonds is 0. The van der Waals surface area contributed by atoms with E-state index in [4.69, 9.17) is 5.11 Å². The van der Waals surface area contributed by atoms with Crippen LogP contribution in [0.3, 0.4) is 0 Å². The minimum Gasteiger partial charge on any atom is -0.381 e. The van der Waals surface area contributed by atoms with Crippen LogP contribution >= 0.6 is 0 Å². The van der Waals surface area contributed by atoms with Crippen molar-refractivity contribution in [1.82, 2.24) is 0 Å². The fourth-order valence-electron chi connectivity index (χ4n) is 0.652. The summed E-state index contributed by atoms with van der Waals surface area (Å²) in [7, 11) is 0. The fourth-order valence-corrected chi connectivity index (χ4v) is 0.652. The van der Waals surface area contributed by atoms with Crippen molar-refractivity contribution < 1.29 is 31.8 Å². The average molecular weight is 178 g/mol. The zero-order valence-electron chi connectivity index (χ0n) is 4.90. The lowest BCUT2D eigenvalue weighted by Crippen LogP contribution is -2.34. The van der Waals surface area contributed by atoms with Gasteiger partial charge in [-0.3, -0.25) is 4.74 Å².